The Kier molecular flexibility index (Phi) is 5.63. The van der Waals surface area contributed by atoms with Gasteiger partial charge < -0.3 is 4.90 Å². The van der Waals surface area contributed by atoms with Gasteiger partial charge in [-0.2, -0.15) is 18.3 Å². The van der Waals surface area contributed by atoms with Crippen LogP contribution in [0.4, 0.5) is 19.0 Å². The van der Waals surface area contributed by atoms with Crippen LogP contribution in [0, 0.1) is 11.3 Å². The number of aromatic nitrogens is 4. The molecule has 3 aromatic heterocycles. The average Bonchev–Trinajstić information content (AvgIpc) is 3.44. The molecular weight excluding hydrogens is 449 g/mol. The Morgan fingerprint density at radius 3 is 2.67 bits per heavy atom. The van der Waals surface area contributed by atoms with Crippen LogP contribution >= 0.6 is 11.3 Å². The number of hydrogen-bond acceptors (Lipinski definition) is 6. The normalized spacial score (nSPS) is 20.5. The molecule has 1 unspecified atom stereocenters. The summed E-state index contributed by atoms with van der Waals surface area (Å²) in [5, 5.41) is 5.13. The van der Waals surface area contributed by atoms with Gasteiger partial charge in [-0.25, -0.2) is 9.97 Å². The van der Waals surface area contributed by atoms with Crippen molar-refractivity contribution in [2.75, 3.05) is 31.1 Å². The molecule has 33 heavy (non-hydrogen) atoms. The molecule has 0 amide bonds. The van der Waals surface area contributed by atoms with Gasteiger partial charge in [0.25, 0.3) is 0 Å². The van der Waals surface area contributed by atoms with Crippen molar-refractivity contribution in [2.24, 2.45) is 18.4 Å². The molecule has 178 valence electrons. The summed E-state index contributed by atoms with van der Waals surface area (Å²) in [7, 11) is 1.95. The van der Waals surface area contributed by atoms with E-state index in [-0.39, 0.29) is 10.3 Å². The number of aryl methyl sites for hydroxylation is 1. The van der Waals surface area contributed by atoms with E-state index in [0.717, 1.165) is 61.6 Å². The van der Waals surface area contributed by atoms with Gasteiger partial charge >= 0.3 is 6.18 Å². The van der Waals surface area contributed by atoms with Crippen molar-refractivity contribution in [3.05, 3.63) is 35.2 Å². The van der Waals surface area contributed by atoms with Gasteiger partial charge in [0.15, 0.2) is 0 Å². The Balaban J connectivity index is 1.32. The van der Waals surface area contributed by atoms with Crippen LogP contribution in [0.25, 0.3) is 10.2 Å². The van der Waals surface area contributed by atoms with Gasteiger partial charge in [-0.05, 0) is 18.4 Å². The van der Waals surface area contributed by atoms with E-state index < -0.39 is 12.6 Å². The molecule has 1 spiro atoms. The van der Waals surface area contributed by atoms with Gasteiger partial charge in [-0.3, -0.25) is 9.58 Å². The third-order valence-electron chi connectivity index (χ3n) is 7.19. The number of hydrogen-bond donors (Lipinski definition) is 0. The second-order valence-corrected chi connectivity index (χ2v) is 10.9. The molecule has 0 saturated carbocycles. The molecule has 0 radical (unpaired) electrons. The first-order valence-corrected chi connectivity index (χ1v) is 12.3. The molecule has 0 aromatic carbocycles. The maximum absolute atomic E-state index is 12.9. The lowest BCUT2D eigenvalue weighted by Gasteiger charge is -2.52. The quantitative estimate of drug-likeness (QED) is 0.508. The van der Waals surface area contributed by atoms with Crippen LogP contribution in [-0.2, 0) is 13.5 Å². The third kappa shape index (κ3) is 4.35. The van der Waals surface area contributed by atoms with Gasteiger partial charge in [-0.15, -0.1) is 11.3 Å². The summed E-state index contributed by atoms with van der Waals surface area (Å²) < 4.78 is 40.5. The monoisotopic (exact) mass is 478 g/mol. The summed E-state index contributed by atoms with van der Waals surface area (Å²) in [6.45, 7) is 8.31. The minimum absolute atomic E-state index is 0.204. The van der Waals surface area contributed by atoms with Gasteiger partial charge in [-0.1, -0.05) is 20.3 Å². The minimum Gasteiger partial charge on any atom is -0.355 e. The van der Waals surface area contributed by atoms with E-state index in [0.29, 0.717) is 16.8 Å². The first kappa shape index (κ1) is 22.6. The highest BCUT2D eigenvalue weighted by atomic mass is 32.1. The van der Waals surface area contributed by atoms with Crippen LogP contribution in [0.15, 0.2) is 24.8 Å². The van der Waals surface area contributed by atoms with E-state index in [9.17, 15) is 13.2 Å². The fraction of sp³-hybridized carbons (Fsp3) is 0.609. The zero-order valence-corrected chi connectivity index (χ0v) is 20.0. The van der Waals surface area contributed by atoms with Crippen LogP contribution in [0.5, 0.6) is 0 Å². The van der Waals surface area contributed by atoms with Crippen molar-refractivity contribution in [3.63, 3.8) is 0 Å². The Morgan fingerprint density at radius 1 is 1.21 bits per heavy atom. The van der Waals surface area contributed by atoms with E-state index in [1.807, 2.05) is 17.9 Å². The number of halogens is 3. The molecule has 0 aliphatic carbocycles. The number of rotatable bonds is 6. The smallest absolute Gasteiger partial charge is 0.355 e. The first-order valence-electron chi connectivity index (χ1n) is 11.4. The molecule has 0 N–H and O–H groups in total. The molecule has 5 rings (SSSR count). The summed E-state index contributed by atoms with van der Waals surface area (Å²) in [6, 6.07) is 1.98. The maximum Gasteiger partial charge on any atom is 0.393 e. The SMILES string of the molecule is CC[C@@H](C)C(c1cnn(C)c1)N1CC2(CCN(c3ncnc4sc(CC(F)(F)F)cc34)C2)C1. The Bertz CT molecular complexity index is 1130. The molecule has 2 aliphatic heterocycles. The van der Waals surface area contributed by atoms with Crippen LogP contribution in [0.3, 0.4) is 0 Å². The van der Waals surface area contributed by atoms with Gasteiger partial charge in [0.05, 0.1) is 18.0 Å². The average molecular weight is 479 g/mol. The van der Waals surface area contributed by atoms with Crippen molar-refractivity contribution in [1.29, 1.82) is 0 Å². The number of alkyl halides is 3. The zero-order chi connectivity index (χ0) is 23.4. The molecular formula is C23H29F3N6S. The molecule has 2 fully saturated rings. The van der Waals surface area contributed by atoms with Crippen molar-refractivity contribution in [2.45, 2.75) is 45.3 Å². The lowest BCUT2D eigenvalue weighted by molar-refractivity contribution is -0.126. The van der Waals surface area contributed by atoms with E-state index in [2.05, 4.69) is 44.9 Å². The zero-order valence-electron chi connectivity index (χ0n) is 19.1. The molecule has 2 aliphatic rings. The standard InChI is InChI=1S/C23H29F3N6S/c1-4-15(2)19(16-9-29-30(3)10-16)32-12-22(13-32)5-6-31(11-22)20-18-7-17(8-23(24,25)26)33-21(18)28-14-27-20/h7,9-10,14-15,19H,4-6,8,11-13H2,1-3H3/t15-,19?/m1/s1. The van der Waals surface area contributed by atoms with Crippen LogP contribution in [0.1, 0.15) is 43.2 Å². The van der Waals surface area contributed by atoms with E-state index in [1.54, 1.807) is 6.07 Å². The Labute approximate surface area is 195 Å². The van der Waals surface area contributed by atoms with Gasteiger partial charge in [0.2, 0.25) is 0 Å². The fourth-order valence-electron chi connectivity index (χ4n) is 5.53. The Morgan fingerprint density at radius 2 is 2.00 bits per heavy atom. The predicted octanol–water partition coefficient (Wildman–Crippen LogP) is 4.83. The van der Waals surface area contributed by atoms with Gasteiger partial charge in [0.1, 0.15) is 17.0 Å². The van der Waals surface area contributed by atoms with E-state index in [1.165, 1.54) is 11.9 Å². The minimum atomic E-state index is -4.22. The van der Waals surface area contributed by atoms with Crippen LogP contribution < -0.4 is 4.90 Å². The highest BCUT2D eigenvalue weighted by Crippen LogP contribution is 2.47. The Hall–Kier alpha value is -2.20. The molecule has 2 saturated heterocycles. The number of thiophene rings is 1. The second kappa shape index (κ2) is 8.23. The van der Waals surface area contributed by atoms with Crippen molar-refractivity contribution in [1.82, 2.24) is 24.6 Å². The predicted molar refractivity (Wildman–Crippen MR) is 123 cm³/mol. The van der Waals surface area contributed by atoms with Gasteiger partial charge in [0, 0.05) is 61.3 Å². The number of nitrogens with zero attached hydrogens (tertiary/aromatic N) is 6. The number of anilines is 1. The lowest BCUT2D eigenvalue weighted by atomic mass is 9.76. The number of likely N-dealkylation sites (tertiary alicyclic amines) is 1. The summed E-state index contributed by atoms with van der Waals surface area (Å²) in [5.41, 5.74) is 1.47. The second-order valence-electron chi connectivity index (χ2n) is 9.78. The summed E-state index contributed by atoms with van der Waals surface area (Å²) >= 11 is 1.11. The van der Waals surface area contributed by atoms with E-state index in [4.69, 9.17) is 0 Å². The maximum atomic E-state index is 12.9. The molecule has 3 aromatic rings. The summed E-state index contributed by atoms with van der Waals surface area (Å²) in [6.07, 6.45) is 2.61. The third-order valence-corrected chi connectivity index (χ3v) is 8.23. The highest BCUT2D eigenvalue weighted by molar-refractivity contribution is 7.18. The molecule has 2 atom stereocenters. The number of fused-ring (bicyclic) bond motifs is 1. The fourth-order valence-corrected chi connectivity index (χ4v) is 6.55. The molecule has 0 bridgehead atoms. The molecule has 10 heteroatoms. The largest absolute Gasteiger partial charge is 0.393 e. The lowest BCUT2D eigenvalue weighted by Crippen LogP contribution is -2.59. The van der Waals surface area contributed by atoms with Crippen LogP contribution in [-0.4, -0.2) is 57.0 Å². The van der Waals surface area contributed by atoms with Crippen LogP contribution in [0.2, 0.25) is 0 Å². The highest BCUT2D eigenvalue weighted by Gasteiger charge is 2.50. The summed E-state index contributed by atoms with van der Waals surface area (Å²) in [5.74, 6) is 1.30. The molecule has 6 nitrogen and oxygen atoms in total. The van der Waals surface area contributed by atoms with Crippen molar-refractivity contribution < 1.29 is 13.2 Å². The topological polar surface area (TPSA) is 50.1 Å². The first-order chi connectivity index (χ1) is 15.7. The molecule has 5 heterocycles. The van der Waals surface area contributed by atoms with E-state index >= 15 is 0 Å². The van der Waals surface area contributed by atoms with Crippen molar-refractivity contribution >= 4 is 27.4 Å². The summed E-state index contributed by atoms with van der Waals surface area (Å²) in [4.78, 5) is 14.4. The van der Waals surface area contributed by atoms with Crippen molar-refractivity contribution in [3.8, 4) is 0 Å².